The summed E-state index contributed by atoms with van der Waals surface area (Å²) in [6.07, 6.45) is -0.794. The van der Waals surface area contributed by atoms with Gasteiger partial charge in [-0.25, -0.2) is 12.8 Å². The Balaban J connectivity index is 1.62. The van der Waals surface area contributed by atoms with Crippen molar-refractivity contribution in [2.45, 2.75) is 17.9 Å². The number of nitrogens with zero attached hydrogens (tertiary/aromatic N) is 3. The Bertz CT molecular complexity index is 1100. The van der Waals surface area contributed by atoms with Gasteiger partial charge in [0.2, 0.25) is 10.0 Å². The molecule has 0 aromatic heterocycles. The maximum atomic E-state index is 13.3. The minimum absolute atomic E-state index is 0.0947. The van der Waals surface area contributed by atoms with Crippen LogP contribution in [0.1, 0.15) is 12.5 Å². The molecule has 1 fully saturated rings. The van der Waals surface area contributed by atoms with E-state index < -0.39 is 21.9 Å². The summed E-state index contributed by atoms with van der Waals surface area (Å²) in [4.78, 5) is 14.1. The van der Waals surface area contributed by atoms with E-state index in [9.17, 15) is 17.6 Å². The topological polar surface area (TPSA) is 90.7 Å². The second-order valence-corrected chi connectivity index (χ2v) is 9.05. The van der Waals surface area contributed by atoms with Crippen LogP contribution in [0.5, 0.6) is 5.75 Å². The molecule has 0 saturated carbocycles. The van der Waals surface area contributed by atoms with Crippen LogP contribution in [0.4, 0.5) is 4.39 Å². The molecule has 0 spiro atoms. The molecule has 1 aliphatic rings. The largest absolute Gasteiger partial charge is 0.481 e. The van der Waals surface area contributed by atoms with Gasteiger partial charge in [-0.15, -0.1) is 0 Å². The zero-order valence-corrected chi connectivity index (χ0v) is 17.7. The first-order valence-corrected chi connectivity index (χ1v) is 10.9. The zero-order chi connectivity index (χ0) is 21.9. The predicted molar refractivity (Wildman–Crippen MR) is 108 cm³/mol. The molecule has 0 N–H and O–H groups in total. The molecule has 1 unspecified atom stereocenters. The van der Waals surface area contributed by atoms with E-state index in [4.69, 9.17) is 21.6 Å². The van der Waals surface area contributed by atoms with Gasteiger partial charge in [-0.05, 0) is 43.3 Å². The molecule has 10 heteroatoms. The Hall–Kier alpha value is -2.67. The van der Waals surface area contributed by atoms with Crippen molar-refractivity contribution in [1.82, 2.24) is 9.21 Å². The number of sulfonamides is 1. The number of hydrogen-bond donors (Lipinski definition) is 0. The number of carbonyl (C=O) groups excluding carboxylic acids is 1. The lowest BCUT2D eigenvalue weighted by Gasteiger charge is -2.35. The summed E-state index contributed by atoms with van der Waals surface area (Å²) >= 11 is 5.70. The van der Waals surface area contributed by atoms with Gasteiger partial charge in [0.1, 0.15) is 11.6 Å². The zero-order valence-electron chi connectivity index (χ0n) is 16.1. The number of hydrogen-bond acceptors (Lipinski definition) is 5. The van der Waals surface area contributed by atoms with E-state index in [2.05, 4.69) is 0 Å². The molecule has 0 aliphatic carbocycles. The second-order valence-electron chi connectivity index (χ2n) is 6.71. The lowest BCUT2D eigenvalue weighted by atomic mass is 10.2. The third-order valence-electron chi connectivity index (χ3n) is 4.70. The van der Waals surface area contributed by atoms with Crippen LogP contribution >= 0.6 is 11.6 Å². The molecule has 7 nitrogen and oxygen atoms in total. The van der Waals surface area contributed by atoms with Crippen molar-refractivity contribution in [3.8, 4) is 11.8 Å². The standard InChI is InChI=1S/C20H19ClFN3O4S/c1-14(29-16-4-2-3-15(11-16)13-23)20(26)24-7-9-25(10-8-24)30(27,28)17-5-6-19(22)18(21)12-17/h2-6,11-12,14H,7-10H2,1H3. The van der Waals surface area contributed by atoms with E-state index in [1.807, 2.05) is 6.07 Å². The summed E-state index contributed by atoms with van der Waals surface area (Å²) < 4.78 is 45.7. The fraction of sp³-hybridized carbons (Fsp3) is 0.300. The summed E-state index contributed by atoms with van der Waals surface area (Å²) in [7, 11) is -3.84. The Labute approximate surface area is 179 Å². The van der Waals surface area contributed by atoms with E-state index >= 15 is 0 Å². The lowest BCUT2D eigenvalue weighted by molar-refractivity contribution is -0.139. The molecule has 3 rings (SSSR count). The minimum Gasteiger partial charge on any atom is -0.481 e. The SMILES string of the molecule is CC(Oc1cccc(C#N)c1)C(=O)N1CCN(S(=O)(=O)c2ccc(F)c(Cl)c2)CC1. The number of amides is 1. The fourth-order valence-corrected chi connectivity index (χ4v) is 4.78. The average Bonchev–Trinajstić information content (AvgIpc) is 2.75. The second kappa shape index (κ2) is 9.00. The maximum Gasteiger partial charge on any atom is 0.263 e. The molecule has 1 aliphatic heterocycles. The highest BCUT2D eigenvalue weighted by molar-refractivity contribution is 7.89. The van der Waals surface area contributed by atoms with Gasteiger partial charge in [0.25, 0.3) is 5.91 Å². The van der Waals surface area contributed by atoms with Gasteiger partial charge >= 0.3 is 0 Å². The quantitative estimate of drug-likeness (QED) is 0.697. The number of benzene rings is 2. The molecule has 1 saturated heterocycles. The van der Waals surface area contributed by atoms with Crippen molar-refractivity contribution >= 4 is 27.5 Å². The maximum absolute atomic E-state index is 13.3. The highest BCUT2D eigenvalue weighted by Crippen LogP contribution is 2.23. The normalized spacial score (nSPS) is 16.0. The Morgan fingerprint density at radius 3 is 2.53 bits per heavy atom. The van der Waals surface area contributed by atoms with Crippen LogP contribution in [0.15, 0.2) is 47.4 Å². The van der Waals surface area contributed by atoms with Crippen LogP contribution in [0.25, 0.3) is 0 Å². The molecule has 1 atom stereocenters. The Morgan fingerprint density at radius 2 is 1.90 bits per heavy atom. The van der Waals surface area contributed by atoms with Crippen molar-refractivity contribution < 1.29 is 22.3 Å². The summed E-state index contributed by atoms with van der Waals surface area (Å²) in [6, 6.07) is 11.8. The van der Waals surface area contributed by atoms with E-state index in [1.165, 1.54) is 15.3 Å². The minimum atomic E-state index is -3.84. The first-order valence-electron chi connectivity index (χ1n) is 9.13. The third-order valence-corrected chi connectivity index (χ3v) is 6.89. The molecule has 0 radical (unpaired) electrons. The summed E-state index contributed by atoms with van der Waals surface area (Å²) in [6.45, 7) is 2.18. The number of carbonyl (C=O) groups is 1. The number of piperazine rings is 1. The smallest absolute Gasteiger partial charge is 0.263 e. The van der Waals surface area contributed by atoms with Gasteiger partial charge in [0, 0.05) is 26.2 Å². The van der Waals surface area contributed by atoms with Gasteiger partial charge in [-0.2, -0.15) is 9.57 Å². The lowest BCUT2D eigenvalue weighted by Crippen LogP contribution is -2.53. The fourth-order valence-electron chi connectivity index (χ4n) is 3.09. The van der Waals surface area contributed by atoms with Crippen molar-refractivity contribution in [3.63, 3.8) is 0 Å². The summed E-state index contributed by atoms with van der Waals surface area (Å²) in [5.41, 5.74) is 0.423. The molecule has 30 heavy (non-hydrogen) atoms. The molecule has 0 bridgehead atoms. The van der Waals surface area contributed by atoms with Crippen molar-refractivity contribution in [3.05, 3.63) is 58.9 Å². The Kier molecular flexibility index (Phi) is 6.61. The first-order chi connectivity index (χ1) is 14.2. The first kappa shape index (κ1) is 22.0. The van der Waals surface area contributed by atoms with Crippen LogP contribution in [0.2, 0.25) is 5.02 Å². The molecular formula is C20H19ClFN3O4S. The number of nitriles is 1. The van der Waals surface area contributed by atoms with Crippen molar-refractivity contribution in [1.29, 1.82) is 5.26 Å². The number of ether oxygens (including phenoxy) is 1. The molecule has 158 valence electrons. The van der Waals surface area contributed by atoms with Crippen molar-refractivity contribution in [2.24, 2.45) is 0 Å². The Morgan fingerprint density at radius 1 is 1.20 bits per heavy atom. The van der Waals surface area contributed by atoms with Gasteiger partial charge in [0.05, 0.1) is 21.6 Å². The molecule has 1 heterocycles. The van der Waals surface area contributed by atoms with Gasteiger partial charge in [0.15, 0.2) is 6.10 Å². The van der Waals surface area contributed by atoms with E-state index in [0.717, 1.165) is 12.1 Å². The monoisotopic (exact) mass is 451 g/mol. The third kappa shape index (κ3) is 4.73. The summed E-state index contributed by atoms with van der Waals surface area (Å²) in [5.74, 6) is -0.566. The molecule has 2 aromatic rings. The van der Waals surface area contributed by atoms with Crippen LogP contribution in [0, 0.1) is 17.1 Å². The predicted octanol–water partition coefficient (Wildman–Crippen LogP) is 2.65. The van der Waals surface area contributed by atoms with Gasteiger partial charge in [-0.1, -0.05) is 17.7 Å². The number of rotatable bonds is 5. The molecular weight excluding hydrogens is 433 g/mol. The molecule has 2 aromatic carbocycles. The van der Waals surface area contributed by atoms with E-state index in [1.54, 1.807) is 31.2 Å². The van der Waals surface area contributed by atoms with Crippen LogP contribution < -0.4 is 4.74 Å². The van der Waals surface area contributed by atoms with Crippen molar-refractivity contribution in [2.75, 3.05) is 26.2 Å². The van der Waals surface area contributed by atoms with Crippen LogP contribution in [-0.2, 0) is 14.8 Å². The van der Waals surface area contributed by atoms with Crippen LogP contribution in [0.3, 0.4) is 0 Å². The van der Waals surface area contributed by atoms with E-state index in [0.29, 0.717) is 11.3 Å². The number of halogens is 2. The highest BCUT2D eigenvalue weighted by Gasteiger charge is 2.32. The van der Waals surface area contributed by atoms with Gasteiger partial charge < -0.3 is 9.64 Å². The van der Waals surface area contributed by atoms with Crippen LogP contribution in [-0.4, -0.2) is 55.8 Å². The van der Waals surface area contributed by atoms with Gasteiger partial charge in [-0.3, -0.25) is 4.79 Å². The molecule has 1 amide bonds. The highest BCUT2D eigenvalue weighted by atomic mass is 35.5. The van der Waals surface area contributed by atoms with E-state index in [-0.39, 0.29) is 42.0 Å². The average molecular weight is 452 g/mol. The summed E-state index contributed by atoms with van der Waals surface area (Å²) in [5, 5.41) is 8.68.